The van der Waals surface area contributed by atoms with Crippen LogP contribution in [-0.2, 0) is 0 Å². The van der Waals surface area contributed by atoms with Gasteiger partial charge in [-0.25, -0.2) is 4.98 Å². The summed E-state index contributed by atoms with van der Waals surface area (Å²) in [6.45, 7) is 0.748. The Morgan fingerprint density at radius 1 is 1.44 bits per heavy atom. The zero-order chi connectivity index (χ0) is 12.8. The molecule has 0 unspecified atom stereocenters. The maximum absolute atomic E-state index is 11.9. The molecule has 0 saturated carbocycles. The van der Waals surface area contributed by atoms with E-state index in [1.807, 2.05) is 11.8 Å². The number of hydrazine groups is 1. The van der Waals surface area contributed by atoms with E-state index in [0.29, 0.717) is 17.3 Å². The molecule has 0 aromatic carbocycles. The quantitative estimate of drug-likeness (QED) is 0.564. The highest BCUT2D eigenvalue weighted by Crippen LogP contribution is 2.21. The van der Waals surface area contributed by atoms with Gasteiger partial charge in [0.2, 0.25) is 0 Å². The van der Waals surface area contributed by atoms with Crippen LogP contribution in [0.15, 0.2) is 18.3 Å². The van der Waals surface area contributed by atoms with Crippen molar-refractivity contribution in [2.24, 2.45) is 11.8 Å². The molecule has 1 aromatic rings. The second kappa shape index (κ2) is 6.61. The predicted molar refractivity (Wildman–Crippen MR) is 74.4 cm³/mol. The minimum Gasteiger partial charge on any atom is -0.350 e. The van der Waals surface area contributed by atoms with Crippen LogP contribution >= 0.6 is 11.8 Å². The molecule has 1 fully saturated rings. The Labute approximate surface area is 111 Å². The van der Waals surface area contributed by atoms with E-state index in [-0.39, 0.29) is 5.91 Å². The van der Waals surface area contributed by atoms with Crippen molar-refractivity contribution in [1.29, 1.82) is 0 Å². The highest BCUT2D eigenvalue weighted by molar-refractivity contribution is 7.99. The Morgan fingerprint density at radius 3 is 2.83 bits per heavy atom. The predicted octanol–water partition coefficient (Wildman–Crippen LogP) is 1.24. The molecule has 6 heteroatoms. The number of hydrogen-bond donors (Lipinski definition) is 3. The van der Waals surface area contributed by atoms with Gasteiger partial charge in [0.25, 0.3) is 5.91 Å². The first-order valence-electron chi connectivity index (χ1n) is 6.08. The summed E-state index contributed by atoms with van der Waals surface area (Å²) in [6.07, 6.45) is 3.93. The lowest BCUT2D eigenvalue weighted by molar-refractivity contribution is 0.0941. The van der Waals surface area contributed by atoms with Gasteiger partial charge < -0.3 is 10.7 Å². The molecule has 0 atom stereocenters. The molecule has 4 N–H and O–H groups in total. The van der Waals surface area contributed by atoms with Gasteiger partial charge in [-0.3, -0.25) is 10.6 Å². The third-order valence-corrected chi connectivity index (χ3v) is 4.10. The summed E-state index contributed by atoms with van der Waals surface area (Å²) in [5.74, 6) is 8.14. The van der Waals surface area contributed by atoms with Gasteiger partial charge in [-0.15, -0.1) is 0 Å². The van der Waals surface area contributed by atoms with Crippen molar-refractivity contribution in [2.75, 3.05) is 23.5 Å². The van der Waals surface area contributed by atoms with Crippen LogP contribution in [0.2, 0.25) is 0 Å². The number of rotatable bonds is 4. The van der Waals surface area contributed by atoms with Crippen LogP contribution in [0.5, 0.6) is 0 Å². The molecule has 1 aliphatic rings. The van der Waals surface area contributed by atoms with Crippen molar-refractivity contribution in [3.8, 4) is 0 Å². The third kappa shape index (κ3) is 3.61. The topological polar surface area (TPSA) is 80.0 Å². The van der Waals surface area contributed by atoms with E-state index < -0.39 is 0 Å². The fraction of sp³-hybridized carbons (Fsp3) is 0.500. The molecule has 1 aliphatic heterocycles. The number of thioether (sulfide) groups is 1. The molecule has 18 heavy (non-hydrogen) atoms. The summed E-state index contributed by atoms with van der Waals surface area (Å²) in [5, 5.41) is 2.94. The monoisotopic (exact) mass is 266 g/mol. The number of carbonyl (C=O) groups is 1. The number of pyridine rings is 1. The van der Waals surface area contributed by atoms with Crippen LogP contribution in [0.3, 0.4) is 0 Å². The number of anilines is 1. The lowest BCUT2D eigenvalue weighted by atomic mass is 10.0. The minimum absolute atomic E-state index is 0.114. The largest absolute Gasteiger partial charge is 0.350 e. The first kappa shape index (κ1) is 13.2. The Bertz CT molecular complexity index is 390. The first-order valence-corrected chi connectivity index (χ1v) is 7.23. The van der Waals surface area contributed by atoms with Gasteiger partial charge in [0.05, 0.1) is 11.9 Å². The van der Waals surface area contributed by atoms with Crippen LogP contribution in [0.25, 0.3) is 0 Å². The average molecular weight is 266 g/mol. The van der Waals surface area contributed by atoms with Gasteiger partial charge in [0, 0.05) is 6.54 Å². The summed E-state index contributed by atoms with van der Waals surface area (Å²) in [6, 6.07) is 3.40. The van der Waals surface area contributed by atoms with Crippen molar-refractivity contribution >= 4 is 23.4 Å². The second-order valence-corrected chi connectivity index (χ2v) is 5.57. The Morgan fingerprint density at radius 2 is 2.22 bits per heavy atom. The molecule has 1 saturated heterocycles. The summed E-state index contributed by atoms with van der Waals surface area (Å²) in [5.41, 5.74) is 3.60. The number of amides is 1. The standard InChI is InChI=1S/C12H18N4OS/c13-16-10-1-2-11(14-8-10)12(17)15-7-9-3-5-18-6-4-9/h1-2,8-9,16H,3-7,13H2,(H,15,17). The van der Waals surface area contributed by atoms with Gasteiger partial charge in [-0.2, -0.15) is 11.8 Å². The van der Waals surface area contributed by atoms with Crippen LogP contribution in [0.1, 0.15) is 23.3 Å². The summed E-state index contributed by atoms with van der Waals surface area (Å²) >= 11 is 1.99. The van der Waals surface area contributed by atoms with Crippen molar-refractivity contribution < 1.29 is 4.79 Å². The van der Waals surface area contributed by atoms with Crippen LogP contribution in [0, 0.1) is 5.92 Å². The molecule has 5 nitrogen and oxygen atoms in total. The van der Waals surface area contributed by atoms with E-state index in [0.717, 1.165) is 6.54 Å². The van der Waals surface area contributed by atoms with Crippen molar-refractivity contribution in [1.82, 2.24) is 10.3 Å². The fourth-order valence-electron chi connectivity index (χ4n) is 1.89. The molecular weight excluding hydrogens is 248 g/mol. The molecule has 1 aromatic heterocycles. The maximum atomic E-state index is 11.9. The Balaban J connectivity index is 1.82. The summed E-state index contributed by atoms with van der Waals surface area (Å²) < 4.78 is 0. The number of hydrogen-bond acceptors (Lipinski definition) is 5. The van der Waals surface area contributed by atoms with Crippen molar-refractivity contribution in [2.45, 2.75) is 12.8 Å². The van der Waals surface area contributed by atoms with Crippen LogP contribution < -0.4 is 16.6 Å². The average Bonchev–Trinajstić information content (AvgIpc) is 2.46. The number of aromatic nitrogens is 1. The van der Waals surface area contributed by atoms with E-state index in [1.54, 1.807) is 18.3 Å². The molecule has 0 spiro atoms. The first-order chi connectivity index (χ1) is 8.79. The van der Waals surface area contributed by atoms with E-state index in [4.69, 9.17) is 5.84 Å². The molecule has 98 valence electrons. The lowest BCUT2D eigenvalue weighted by Gasteiger charge is -2.21. The lowest BCUT2D eigenvalue weighted by Crippen LogP contribution is -2.31. The summed E-state index contributed by atoms with van der Waals surface area (Å²) in [7, 11) is 0. The highest BCUT2D eigenvalue weighted by Gasteiger charge is 2.15. The van der Waals surface area contributed by atoms with E-state index in [1.165, 1.54) is 24.3 Å². The van der Waals surface area contributed by atoms with Crippen LogP contribution in [0.4, 0.5) is 5.69 Å². The van der Waals surface area contributed by atoms with Gasteiger partial charge in [0.15, 0.2) is 0 Å². The van der Waals surface area contributed by atoms with E-state index in [9.17, 15) is 4.79 Å². The molecule has 1 amide bonds. The Hall–Kier alpha value is -1.27. The van der Waals surface area contributed by atoms with Gasteiger partial charge >= 0.3 is 0 Å². The zero-order valence-electron chi connectivity index (χ0n) is 10.2. The zero-order valence-corrected chi connectivity index (χ0v) is 11.0. The molecule has 0 radical (unpaired) electrons. The number of nitrogens with one attached hydrogen (secondary N) is 2. The van der Waals surface area contributed by atoms with Gasteiger partial charge in [-0.05, 0) is 42.4 Å². The number of nitrogen functional groups attached to an aromatic ring is 1. The number of carbonyl (C=O) groups excluding carboxylic acids is 1. The maximum Gasteiger partial charge on any atom is 0.269 e. The molecule has 2 rings (SSSR count). The number of nitrogens with two attached hydrogens (primary N) is 1. The van der Waals surface area contributed by atoms with Crippen molar-refractivity contribution in [3.63, 3.8) is 0 Å². The molecule has 0 aliphatic carbocycles. The van der Waals surface area contributed by atoms with E-state index >= 15 is 0 Å². The third-order valence-electron chi connectivity index (χ3n) is 3.05. The minimum atomic E-state index is -0.114. The fourth-order valence-corrected chi connectivity index (χ4v) is 3.10. The second-order valence-electron chi connectivity index (χ2n) is 4.34. The molecule has 0 bridgehead atoms. The highest BCUT2D eigenvalue weighted by atomic mass is 32.2. The van der Waals surface area contributed by atoms with Crippen molar-refractivity contribution in [3.05, 3.63) is 24.0 Å². The normalized spacial score (nSPS) is 16.3. The molecule has 2 heterocycles. The van der Waals surface area contributed by atoms with E-state index in [2.05, 4.69) is 15.7 Å². The number of nitrogens with zero attached hydrogens (tertiary/aromatic N) is 1. The molecular formula is C12H18N4OS. The van der Waals surface area contributed by atoms with Crippen LogP contribution in [-0.4, -0.2) is 28.9 Å². The van der Waals surface area contributed by atoms with Gasteiger partial charge in [0.1, 0.15) is 5.69 Å². The van der Waals surface area contributed by atoms with Gasteiger partial charge in [-0.1, -0.05) is 0 Å². The Kier molecular flexibility index (Phi) is 4.83. The SMILES string of the molecule is NNc1ccc(C(=O)NCC2CCSCC2)nc1. The smallest absolute Gasteiger partial charge is 0.269 e. The summed E-state index contributed by atoms with van der Waals surface area (Å²) in [4.78, 5) is 15.9.